The van der Waals surface area contributed by atoms with Gasteiger partial charge in [0.15, 0.2) is 0 Å². The molecule has 1 heterocycles. The van der Waals surface area contributed by atoms with Crippen LogP contribution >= 0.6 is 0 Å². The molecule has 4 rings (SSSR count). The maximum Gasteiger partial charge on any atom is 0.320 e. The van der Waals surface area contributed by atoms with Crippen LogP contribution in [0.4, 0.5) is 5.69 Å². The Morgan fingerprint density at radius 2 is 1.74 bits per heavy atom. The lowest BCUT2D eigenvalue weighted by atomic mass is 9.85. The number of aryl methyl sites for hydroxylation is 1. The third-order valence-corrected chi connectivity index (χ3v) is 7.82. The molecule has 2 aromatic carbocycles. The first-order valence-electron chi connectivity index (χ1n) is 13.4. The number of para-hydroxylation sites is 1. The first-order valence-corrected chi connectivity index (χ1v) is 13.4. The second kappa shape index (κ2) is 11.9. The first kappa shape index (κ1) is 25.4. The number of aliphatic carboxylic acids is 1. The second-order valence-electron chi connectivity index (χ2n) is 10.7. The van der Waals surface area contributed by atoms with E-state index < -0.39 is 18.1 Å². The number of carboxylic acids is 1. The van der Waals surface area contributed by atoms with Crippen molar-refractivity contribution in [3.05, 3.63) is 65.2 Å². The topological polar surface area (TPSA) is 69.6 Å². The van der Waals surface area contributed by atoms with Gasteiger partial charge in [0.1, 0.15) is 6.04 Å². The van der Waals surface area contributed by atoms with Crippen LogP contribution in [0.5, 0.6) is 0 Å². The zero-order valence-corrected chi connectivity index (χ0v) is 21.2. The monoisotopic (exact) mass is 476 g/mol. The molecule has 0 bridgehead atoms. The molecular weight excluding hydrogens is 436 g/mol. The van der Waals surface area contributed by atoms with E-state index in [0.29, 0.717) is 31.2 Å². The van der Waals surface area contributed by atoms with Gasteiger partial charge in [0, 0.05) is 5.69 Å². The molecule has 2 aromatic rings. The number of fused-ring (bicyclic) bond motifs is 1. The molecule has 2 aliphatic rings. The van der Waals surface area contributed by atoms with Crippen molar-refractivity contribution in [2.45, 2.75) is 96.2 Å². The van der Waals surface area contributed by atoms with E-state index in [1.807, 2.05) is 23.1 Å². The van der Waals surface area contributed by atoms with E-state index in [4.69, 9.17) is 0 Å². The van der Waals surface area contributed by atoms with E-state index in [-0.39, 0.29) is 5.91 Å². The largest absolute Gasteiger partial charge is 0.480 e. The summed E-state index contributed by atoms with van der Waals surface area (Å²) in [7, 11) is 0. The van der Waals surface area contributed by atoms with Gasteiger partial charge >= 0.3 is 5.97 Å². The molecule has 1 saturated carbocycles. The van der Waals surface area contributed by atoms with Gasteiger partial charge in [-0.2, -0.15) is 0 Å². The molecule has 0 aromatic heterocycles. The van der Waals surface area contributed by atoms with Crippen molar-refractivity contribution in [1.82, 2.24) is 5.32 Å². The highest BCUT2D eigenvalue weighted by molar-refractivity contribution is 5.98. The van der Waals surface area contributed by atoms with Gasteiger partial charge in [-0.15, -0.1) is 0 Å². The summed E-state index contributed by atoms with van der Waals surface area (Å²) >= 11 is 0. The third kappa shape index (κ3) is 6.52. The normalized spacial score (nSPS) is 19.9. The molecule has 0 saturated heterocycles. The molecule has 1 aliphatic heterocycles. The summed E-state index contributed by atoms with van der Waals surface area (Å²) in [5.41, 5.74) is 4.42. The molecule has 1 aliphatic carbocycles. The zero-order chi connectivity index (χ0) is 24.8. The van der Waals surface area contributed by atoms with Gasteiger partial charge in [0.2, 0.25) is 5.91 Å². The number of hydrogen-bond acceptors (Lipinski definition) is 3. The van der Waals surface area contributed by atoms with Crippen LogP contribution in [0.1, 0.15) is 87.8 Å². The zero-order valence-electron chi connectivity index (χ0n) is 21.2. The van der Waals surface area contributed by atoms with Gasteiger partial charge in [0.25, 0.3) is 0 Å². The Morgan fingerprint density at radius 1 is 1.03 bits per heavy atom. The number of benzene rings is 2. The Morgan fingerprint density at radius 3 is 2.43 bits per heavy atom. The van der Waals surface area contributed by atoms with E-state index in [0.717, 1.165) is 29.7 Å². The standard InChI is InChI=1S/C30H40N2O3/c1-21(2)24-15-12-23(13-16-24)20-32-28-11-7-6-10-25(28)17-19-26(29(32)33)31-27(30(34)35)18-14-22-8-4-3-5-9-22/h6-7,10-13,15-16,21-22,26-27,31H,3-5,8-9,14,17-20H2,1-2H3,(H,34,35). The van der Waals surface area contributed by atoms with Gasteiger partial charge in [0.05, 0.1) is 12.6 Å². The average molecular weight is 477 g/mol. The molecule has 2 unspecified atom stereocenters. The van der Waals surface area contributed by atoms with Crippen LogP contribution in [0.2, 0.25) is 0 Å². The molecule has 5 nitrogen and oxygen atoms in total. The van der Waals surface area contributed by atoms with Crippen LogP contribution in [0.15, 0.2) is 48.5 Å². The number of carbonyl (C=O) groups is 2. The fraction of sp³-hybridized carbons (Fsp3) is 0.533. The molecule has 0 radical (unpaired) electrons. The van der Waals surface area contributed by atoms with E-state index in [1.54, 1.807) is 0 Å². The number of carbonyl (C=O) groups excluding carboxylic acids is 1. The summed E-state index contributed by atoms with van der Waals surface area (Å²) in [5, 5.41) is 13.2. The minimum absolute atomic E-state index is 0.0354. The Balaban J connectivity index is 1.51. The van der Waals surface area contributed by atoms with Crippen LogP contribution in [0.3, 0.4) is 0 Å². The summed E-state index contributed by atoms with van der Waals surface area (Å²) in [6, 6.07) is 15.3. The predicted octanol–water partition coefficient (Wildman–Crippen LogP) is 6.06. The Kier molecular flexibility index (Phi) is 8.61. The van der Waals surface area contributed by atoms with Gasteiger partial charge in [-0.3, -0.25) is 14.9 Å². The summed E-state index contributed by atoms with van der Waals surface area (Å²) in [4.78, 5) is 27.8. The van der Waals surface area contributed by atoms with Gasteiger partial charge < -0.3 is 10.0 Å². The van der Waals surface area contributed by atoms with Gasteiger partial charge in [-0.25, -0.2) is 0 Å². The summed E-state index contributed by atoms with van der Waals surface area (Å²) in [6.45, 7) is 4.83. The molecule has 5 heteroatoms. The van der Waals surface area contributed by atoms with Crippen LogP contribution in [-0.4, -0.2) is 29.1 Å². The first-order chi connectivity index (χ1) is 16.9. The van der Waals surface area contributed by atoms with Gasteiger partial charge in [-0.1, -0.05) is 88.4 Å². The smallest absolute Gasteiger partial charge is 0.320 e. The molecule has 1 fully saturated rings. The van der Waals surface area contributed by atoms with Crippen molar-refractivity contribution < 1.29 is 14.7 Å². The minimum atomic E-state index is -0.855. The lowest BCUT2D eigenvalue weighted by Gasteiger charge is -2.29. The van der Waals surface area contributed by atoms with Crippen molar-refractivity contribution in [3.8, 4) is 0 Å². The quantitative estimate of drug-likeness (QED) is 0.461. The number of anilines is 1. The number of hydrogen-bond donors (Lipinski definition) is 2. The maximum absolute atomic E-state index is 13.8. The number of nitrogens with one attached hydrogen (secondary N) is 1. The van der Waals surface area contributed by atoms with Crippen LogP contribution in [0, 0.1) is 5.92 Å². The van der Waals surface area contributed by atoms with E-state index in [2.05, 4.69) is 49.5 Å². The van der Waals surface area contributed by atoms with E-state index >= 15 is 0 Å². The van der Waals surface area contributed by atoms with Crippen molar-refractivity contribution >= 4 is 17.6 Å². The number of carboxylic acid groups (broad SMARTS) is 1. The molecule has 0 spiro atoms. The molecule has 2 atom stereocenters. The molecule has 35 heavy (non-hydrogen) atoms. The Hall–Kier alpha value is -2.66. The lowest BCUT2D eigenvalue weighted by molar-refractivity contribution is -0.140. The van der Waals surface area contributed by atoms with Gasteiger partial charge in [-0.05, 0) is 60.3 Å². The predicted molar refractivity (Wildman–Crippen MR) is 141 cm³/mol. The van der Waals surface area contributed by atoms with Crippen LogP contribution in [-0.2, 0) is 22.6 Å². The second-order valence-corrected chi connectivity index (χ2v) is 10.7. The lowest BCUT2D eigenvalue weighted by Crippen LogP contribution is -2.51. The highest BCUT2D eigenvalue weighted by Gasteiger charge is 2.33. The Bertz CT molecular complexity index is 995. The third-order valence-electron chi connectivity index (χ3n) is 7.82. The fourth-order valence-corrected chi connectivity index (χ4v) is 5.62. The molecule has 2 N–H and O–H groups in total. The molecular formula is C30H40N2O3. The number of rotatable bonds is 9. The molecule has 1 amide bonds. The summed E-state index contributed by atoms with van der Waals surface area (Å²) in [6.07, 6.45) is 9.04. The minimum Gasteiger partial charge on any atom is -0.480 e. The maximum atomic E-state index is 13.8. The van der Waals surface area contributed by atoms with Crippen molar-refractivity contribution in [2.75, 3.05) is 4.90 Å². The summed E-state index contributed by atoms with van der Waals surface area (Å²) < 4.78 is 0. The number of nitrogens with zero attached hydrogens (tertiary/aromatic N) is 1. The molecule has 188 valence electrons. The average Bonchev–Trinajstić information content (AvgIpc) is 2.99. The highest BCUT2D eigenvalue weighted by Crippen LogP contribution is 2.30. The fourth-order valence-electron chi connectivity index (χ4n) is 5.62. The number of amides is 1. The van der Waals surface area contributed by atoms with Crippen molar-refractivity contribution in [2.24, 2.45) is 5.92 Å². The highest BCUT2D eigenvalue weighted by atomic mass is 16.4. The van der Waals surface area contributed by atoms with Crippen molar-refractivity contribution in [3.63, 3.8) is 0 Å². The summed E-state index contributed by atoms with van der Waals surface area (Å²) in [5.74, 6) is 0.185. The van der Waals surface area contributed by atoms with Crippen LogP contribution < -0.4 is 10.2 Å². The SMILES string of the molecule is CC(C)c1ccc(CN2C(=O)C(NC(CCC3CCCCC3)C(=O)O)CCc3ccccc32)cc1. The van der Waals surface area contributed by atoms with E-state index in [1.165, 1.54) is 37.7 Å². The van der Waals surface area contributed by atoms with Crippen molar-refractivity contribution in [1.29, 1.82) is 0 Å². The Labute approximate surface area is 209 Å². The van der Waals surface area contributed by atoms with Crippen LogP contribution in [0.25, 0.3) is 0 Å². The van der Waals surface area contributed by atoms with E-state index in [9.17, 15) is 14.7 Å².